The Labute approximate surface area is 105 Å². The van der Waals surface area contributed by atoms with Gasteiger partial charge in [0, 0.05) is 37.3 Å². The number of amides is 2. The molecule has 96 valence electrons. The monoisotopic (exact) mass is 247 g/mol. The normalized spacial score (nSPS) is 19.0. The molecule has 5 nitrogen and oxygen atoms in total. The van der Waals surface area contributed by atoms with E-state index >= 15 is 0 Å². The predicted molar refractivity (Wildman–Crippen MR) is 67.6 cm³/mol. The minimum absolute atomic E-state index is 0.0349. The molecule has 0 atom stereocenters. The largest absolute Gasteiger partial charge is 0.335 e. The van der Waals surface area contributed by atoms with Crippen molar-refractivity contribution >= 4 is 6.03 Å². The molecule has 0 saturated heterocycles. The Kier molecular flexibility index (Phi) is 2.81. The van der Waals surface area contributed by atoms with Gasteiger partial charge in [0.25, 0.3) is 0 Å². The first-order valence-electron chi connectivity index (χ1n) is 6.49. The lowest BCUT2D eigenvalue weighted by Gasteiger charge is -2.20. The molecule has 3 rings (SSSR count). The summed E-state index contributed by atoms with van der Waals surface area (Å²) in [6.45, 7) is 1.39. The fourth-order valence-electron chi connectivity index (χ4n) is 2.32. The van der Waals surface area contributed by atoms with Crippen LogP contribution < -0.4 is 10.9 Å². The van der Waals surface area contributed by atoms with Gasteiger partial charge < -0.3 is 15.2 Å². The van der Waals surface area contributed by atoms with Crippen LogP contribution in [0.4, 0.5) is 4.79 Å². The Bertz CT molecular complexity index is 519. The summed E-state index contributed by atoms with van der Waals surface area (Å²) in [5.74, 6) is 0. The molecule has 1 aliphatic carbocycles. The van der Waals surface area contributed by atoms with E-state index in [2.05, 4.69) is 10.3 Å². The van der Waals surface area contributed by atoms with Crippen LogP contribution >= 0.6 is 0 Å². The lowest BCUT2D eigenvalue weighted by molar-refractivity contribution is 0.199. The maximum absolute atomic E-state index is 12.0. The van der Waals surface area contributed by atoms with Crippen molar-refractivity contribution in [2.24, 2.45) is 0 Å². The number of aromatic nitrogens is 1. The average molecular weight is 247 g/mol. The second kappa shape index (κ2) is 4.48. The van der Waals surface area contributed by atoms with Crippen molar-refractivity contribution in [3.8, 4) is 0 Å². The number of hydrogen-bond acceptors (Lipinski definition) is 2. The number of H-pyrrole nitrogens is 1. The van der Waals surface area contributed by atoms with Crippen LogP contribution in [0.2, 0.25) is 0 Å². The first-order valence-corrected chi connectivity index (χ1v) is 6.49. The number of hydrogen-bond donors (Lipinski definition) is 2. The predicted octanol–water partition coefficient (Wildman–Crippen LogP) is 0.647. The van der Waals surface area contributed by atoms with Gasteiger partial charge in [-0.2, -0.15) is 0 Å². The van der Waals surface area contributed by atoms with Crippen LogP contribution in [0.3, 0.4) is 0 Å². The summed E-state index contributed by atoms with van der Waals surface area (Å²) in [7, 11) is 0. The third-order valence-electron chi connectivity index (χ3n) is 3.57. The molecule has 0 bridgehead atoms. The molecule has 0 radical (unpaired) electrons. The first-order chi connectivity index (χ1) is 8.72. The fraction of sp³-hybridized carbons (Fsp3) is 0.538. The molecule has 0 aromatic carbocycles. The van der Waals surface area contributed by atoms with Gasteiger partial charge in [0.1, 0.15) is 0 Å². The van der Waals surface area contributed by atoms with Gasteiger partial charge in [0.05, 0.1) is 0 Å². The van der Waals surface area contributed by atoms with Crippen LogP contribution in [0.1, 0.15) is 24.1 Å². The number of rotatable bonds is 1. The smallest absolute Gasteiger partial charge is 0.317 e. The molecule has 18 heavy (non-hydrogen) atoms. The Balaban J connectivity index is 1.69. The highest BCUT2D eigenvalue weighted by Gasteiger charge is 2.26. The van der Waals surface area contributed by atoms with E-state index in [1.54, 1.807) is 6.07 Å². The van der Waals surface area contributed by atoms with Crippen LogP contribution in [-0.2, 0) is 12.8 Å². The van der Waals surface area contributed by atoms with Crippen LogP contribution in [0.5, 0.6) is 0 Å². The maximum Gasteiger partial charge on any atom is 0.317 e. The summed E-state index contributed by atoms with van der Waals surface area (Å²) >= 11 is 0. The minimum atomic E-state index is -0.0652. The van der Waals surface area contributed by atoms with E-state index in [-0.39, 0.29) is 11.6 Å². The molecule has 1 aromatic heterocycles. The van der Waals surface area contributed by atoms with Crippen molar-refractivity contribution in [3.63, 3.8) is 0 Å². The van der Waals surface area contributed by atoms with Gasteiger partial charge in [-0.25, -0.2) is 4.79 Å². The van der Waals surface area contributed by atoms with Crippen molar-refractivity contribution in [2.75, 3.05) is 13.1 Å². The number of carbonyl (C=O) groups is 1. The molecule has 1 aromatic rings. The summed E-state index contributed by atoms with van der Waals surface area (Å²) in [5.41, 5.74) is 2.06. The minimum Gasteiger partial charge on any atom is -0.335 e. The number of pyridine rings is 1. The standard InChI is InChI=1S/C13H17N3O2/c17-12-4-1-9-5-7-16(8-6-11(9)15-12)13(18)14-10-2-3-10/h1,4,10H,2-3,5-8H2,(H,14,18)(H,15,17). The molecule has 5 heteroatoms. The molecule has 2 heterocycles. The summed E-state index contributed by atoms with van der Waals surface area (Å²) < 4.78 is 0. The Morgan fingerprint density at radius 1 is 1.28 bits per heavy atom. The van der Waals surface area contributed by atoms with E-state index in [1.165, 1.54) is 0 Å². The number of carbonyl (C=O) groups excluding carboxylic acids is 1. The average Bonchev–Trinajstić information content (AvgIpc) is 3.15. The SMILES string of the molecule is O=C(NC1CC1)N1CCc2ccc(=O)[nH]c2CC1. The van der Waals surface area contributed by atoms with Crippen LogP contribution in [0.25, 0.3) is 0 Å². The lowest BCUT2D eigenvalue weighted by Crippen LogP contribution is -2.42. The van der Waals surface area contributed by atoms with Crippen molar-refractivity contribution in [3.05, 3.63) is 33.7 Å². The van der Waals surface area contributed by atoms with E-state index in [9.17, 15) is 9.59 Å². The zero-order chi connectivity index (χ0) is 12.5. The maximum atomic E-state index is 12.0. The second-order valence-electron chi connectivity index (χ2n) is 5.04. The van der Waals surface area contributed by atoms with Crippen LogP contribution in [-0.4, -0.2) is 35.0 Å². The summed E-state index contributed by atoms with van der Waals surface area (Å²) in [4.78, 5) is 27.9. The Morgan fingerprint density at radius 3 is 2.83 bits per heavy atom. The molecule has 1 saturated carbocycles. The number of nitrogens with zero attached hydrogens (tertiary/aromatic N) is 1. The number of nitrogens with one attached hydrogen (secondary N) is 2. The van der Waals surface area contributed by atoms with E-state index in [1.807, 2.05) is 11.0 Å². The highest BCUT2D eigenvalue weighted by atomic mass is 16.2. The molecule has 2 aliphatic rings. The zero-order valence-electron chi connectivity index (χ0n) is 10.2. The summed E-state index contributed by atoms with van der Waals surface area (Å²) in [5, 5.41) is 3.00. The van der Waals surface area contributed by atoms with Gasteiger partial charge in [-0.1, -0.05) is 6.07 Å². The highest BCUT2D eigenvalue weighted by Crippen LogP contribution is 2.19. The Morgan fingerprint density at radius 2 is 2.06 bits per heavy atom. The van der Waals surface area contributed by atoms with Gasteiger partial charge in [-0.3, -0.25) is 4.79 Å². The third kappa shape index (κ3) is 2.39. The Hall–Kier alpha value is -1.78. The topological polar surface area (TPSA) is 65.2 Å². The number of aromatic amines is 1. The fourth-order valence-corrected chi connectivity index (χ4v) is 2.32. The number of fused-ring (bicyclic) bond motifs is 1. The molecule has 2 amide bonds. The molecular weight excluding hydrogens is 230 g/mol. The van der Waals surface area contributed by atoms with Crippen molar-refractivity contribution in [1.82, 2.24) is 15.2 Å². The van der Waals surface area contributed by atoms with Crippen LogP contribution in [0.15, 0.2) is 16.9 Å². The van der Waals surface area contributed by atoms with Gasteiger partial charge in [-0.15, -0.1) is 0 Å². The van der Waals surface area contributed by atoms with Crippen molar-refractivity contribution in [2.45, 2.75) is 31.7 Å². The van der Waals surface area contributed by atoms with E-state index in [4.69, 9.17) is 0 Å². The van der Waals surface area contributed by atoms with E-state index in [0.29, 0.717) is 12.6 Å². The lowest BCUT2D eigenvalue weighted by atomic mass is 10.1. The zero-order valence-corrected chi connectivity index (χ0v) is 10.2. The third-order valence-corrected chi connectivity index (χ3v) is 3.57. The summed E-state index contributed by atoms with van der Waals surface area (Å²) in [6, 6.07) is 3.85. The molecular formula is C13H17N3O2. The molecule has 0 unspecified atom stereocenters. The highest BCUT2D eigenvalue weighted by molar-refractivity contribution is 5.75. The molecule has 0 spiro atoms. The van der Waals surface area contributed by atoms with Gasteiger partial charge in [0.15, 0.2) is 0 Å². The number of urea groups is 1. The van der Waals surface area contributed by atoms with E-state index in [0.717, 1.165) is 43.5 Å². The first kappa shape index (κ1) is 11.3. The summed E-state index contributed by atoms with van der Waals surface area (Å²) in [6.07, 6.45) is 3.74. The second-order valence-corrected chi connectivity index (χ2v) is 5.04. The van der Waals surface area contributed by atoms with Crippen molar-refractivity contribution in [1.29, 1.82) is 0 Å². The van der Waals surface area contributed by atoms with Crippen LogP contribution in [0, 0.1) is 0 Å². The van der Waals surface area contributed by atoms with E-state index < -0.39 is 0 Å². The molecule has 1 fully saturated rings. The quantitative estimate of drug-likeness (QED) is 0.765. The molecule has 2 N–H and O–H groups in total. The van der Waals surface area contributed by atoms with Gasteiger partial charge >= 0.3 is 6.03 Å². The van der Waals surface area contributed by atoms with Crippen molar-refractivity contribution < 1.29 is 4.79 Å². The molecule has 1 aliphatic heterocycles. The van der Waals surface area contributed by atoms with Gasteiger partial charge in [0.2, 0.25) is 5.56 Å². The van der Waals surface area contributed by atoms with Gasteiger partial charge in [-0.05, 0) is 24.8 Å².